The number of hydrogen-bond acceptors (Lipinski definition) is 1. The number of terminal acetylenes is 1. The van der Waals surface area contributed by atoms with E-state index in [0.717, 1.165) is 18.2 Å². The van der Waals surface area contributed by atoms with E-state index < -0.39 is 24.8 Å². The van der Waals surface area contributed by atoms with Gasteiger partial charge < -0.3 is 4.74 Å². The molecule has 6 heteroatoms. The molecular weight excluding hydrogens is 243 g/mol. The molecule has 0 heterocycles. The van der Waals surface area contributed by atoms with E-state index in [1.54, 1.807) is 0 Å². The Kier molecular flexibility index (Phi) is 3.94. The number of benzene rings is 1. The molecule has 0 saturated carbocycles. The SMILES string of the molecule is C#Cc1cc(F)cc(OCC(F)(F)C(F)F)c1. The molecule has 92 valence electrons. The maximum atomic E-state index is 12.9. The normalized spacial score (nSPS) is 11.4. The van der Waals surface area contributed by atoms with Crippen LogP contribution < -0.4 is 4.74 Å². The lowest BCUT2D eigenvalue weighted by molar-refractivity contribution is -0.148. The first-order valence-electron chi connectivity index (χ1n) is 4.41. The topological polar surface area (TPSA) is 9.23 Å². The lowest BCUT2D eigenvalue weighted by Gasteiger charge is -2.16. The first-order valence-corrected chi connectivity index (χ1v) is 4.41. The zero-order valence-corrected chi connectivity index (χ0v) is 8.39. The summed E-state index contributed by atoms with van der Waals surface area (Å²) in [7, 11) is 0. The van der Waals surface area contributed by atoms with E-state index in [4.69, 9.17) is 6.42 Å². The minimum absolute atomic E-state index is 0.0698. The Hall–Kier alpha value is -1.77. The average molecular weight is 250 g/mol. The summed E-state index contributed by atoms with van der Waals surface area (Å²) in [5.41, 5.74) is 0.0698. The highest BCUT2D eigenvalue weighted by molar-refractivity contribution is 5.39. The Balaban J connectivity index is 2.77. The van der Waals surface area contributed by atoms with Gasteiger partial charge in [-0.25, -0.2) is 13.2 Å². The lowest BCUT2D eigenvalue weighted by atomic mass is 10.2. The van der Waals surface area contributed by atoms with Gasteiger partial charge in [-0.15, -0.1) is 6.42 Å². The largest absolute Gasteiger partial charge is 0.487 e. The Morgan fingerprint density at radius 2 is 1.94 bits per heavy atom. The molecule has 0 amide bonds. The van der Waals surface area contributed by atoms with Crippen molar-refractivity contribution in [3.05, 3.63) is 29.6 Å². The molecule has 1 aromatic carbocycles. The molecule has 0 atom stereocenters. The van der Waals surface area contributed by atoms with E-state index >= 15 is 0 Å². The third kappa shape index (κ3) is 3.63. The van der Waals surface area contributed by atoms with Crippen LogP contribution in [0.5, 0.6) is 5.75 Å². The van der Waals surface area contributed by atoms with Gasteiger partial charge in [0.05, 0.1) is 0 Å². The fourth-order valence-corrected chi connectivity index (χ4v) is 0.972. The summed E-state index contributed by atoms with van der Waals surface area (Å²) >= 11 is 0. The lowest BCUT2D eigenvalue weighted by Crippen LogP contribution is -2.33. The van der Waals surface area contributed by atoms with Crippen molar-refractivity contribution in [3.63, 3.8) is 0 Å². The average Bonchev–Trinajstić information content (AvgIpc) is 2.25. The number of halogens is 5. The van der Waals surface area contributed by atoms with Gasteiger partial charge in [-0.3, -0.25) is 0 Å². The maximum absolute atomic E-state index is 12.9. The zero-order valence-electron chi connectivity index (χ0n) is 8.39. The highest BCUT2D eigenvalue weighted by Gasteiger charge is 2.41. The molecule has 0 bridgehead atoms. The molecule has 0 aliphatic carbocycles. The van der Waals surface area contributed by atoms with Gasteiger partial charge in [0.15, 0.2) is 6.61 Å². The van der Waals surface area contributed by atoms with Crippen molar-refractivity contribution in [2.24, 2.45) is 0 Å². The van der Waals surface area contributed by atoms with Crippen molar-refractivity contribution in [2.75, 3.05) is 6.61 Å². The molecule has 0 aliphatic heterocycles. The Bertz CT molecular complexity index is 436. The minimum Gasteiger partial charge on any atom is -0.487 e. The summed E-state index contributed by atoms with van der Waals surface area (Å²) in [6.07, 6.45) is 1.13. The van der Waals surface area contributed by atoms with Crippen LogP contribution in [0.25, 0.3) is 0 Å². The van der Waals surface area contributed by atoms with Gasteiger partial charge >= 0.3 is 12.3 Å². The number of rotatable bonds is 4. The predicted octanol–water partition coefficient (Wildman–Crippen LogP) is 3.09. The first-order chi connectivity index (χ1) is 7.85. The number of hydrogen-bond donors (Lipinski definition) is 0. The summed E-state index contributed by atoms with van der Waals surface area (Å²) in [5.74, 6) is -3.33. The monoisotopic (exact) mass is 250 g/mol. The van der Waals surface area contributed by atoms with Crippen molar-refractivity contribution in [2.45, 2.75) is 12.3 Å². The van der Waals surface area contributed by atoms with E-state index in [2.05, 4.69) is 10.7 Å². The third-order valence-electron chi connectivity index (χ3n) is 1.79. The molecule has 0 unspecified atom stereocenters. The van der Waals surface area contributed by atoms with E-state index in [9.17, 15) is 22.0 Å². The summed E-state index contributed by atoms with van der Waals surface area (Å²) in [6, 6.07) is 2.87. The molecule has 17 heavy (non-hydrogen) atoms. The fraction of sp³-hybridized carbons (Fsp3) is 0.273. The van der Waals surface area contributed by atoms with Crippen LogP contribution in [-0.4, -0.2) is 19.0 Å². The number of ether oxygens (including phenoxy) is 1. The van der Waals surface area contributed by atoms with Gasteiger partial charge in [0.2, 0.25) is 0 Å². The van der Waals surface area contributed by atoms with Gasteiger partial charge in [-0.1, -0.05) is 5.92 Å². The van der Waals surface area contributed by atoms with Gasteiger partial charge in [-0.05, 0) is 12.1 Å². The highest BCUT2D eigenvalue weighted by Crippen LogP contribution is 2.25. The molecule has 0 saturated heterocycles. The van der Waals surface area contributed by atoms with Crippen molar-refractivity contribution in [1.29, 1.82) is 0 Å². The Morgan fingerprint density at radius 1 is 1.29 bits per heavy atom. The molecular formula is C11H7F5O. The van der Waals surface area contributed by atoms with E-state index in [-0.39, 0.29) is 11.3 Å². The second kappa shape index (κ2) is 5.04. The molecule has 0 N–H and O–H groups in total. The van der Waals surface area contributed by atoms with Gasteiger partial charge in [0.1, 0.15) is 11.6 Å². The van der Waals surface area contributed by atoms with Gasteiger partial charge in [-0.2, -0.15) is 8.78 Å². The quantitative estimate of drug-likeness (QED) is 0.589. The van der Waals surface area contributed by atoms with Crippen LogP contribution in [0, 0.1) is 18.2 Å². The fourth-order valence-electron chi connectivity index (χ4n) is 0.972. The predicted molar refractivity (Wildman–Crippen MR) is 50.8 cm³/mol. The second-order valence-corrected chi connectivity index (χ2v) is 3.17. The minimum atomic E-state index is -4.29. The van der Waals surface area contributed by atoms with Crippen LogP contribution >= 0.6 is 0 Å². The Morgan fingerprint density at radius 3 is 2.47 bits per heavy atom. The van der Waals surface area contributed by atoms with Gasteiger partial charge in [0, 0.05) is 11.6 Å². The molecule has 1 nitrogen and oxygen atoms in total. The molecule has 1 aromatic rings. The van der Waals surface area contributed by atoms with Crippen molar-refractivity contribution in [1.82, 2.24) is 0 Å². The van der Waals surface area contributed by atoms with E-state index in [1.165, 1.54) is 0 Å². The van der Waals surface area contributed by atoms with E-state index in [1.807, 2.05) is 0 Å². The first kappa shape index (κ1) is 13.3. The standard InChI is InChI=1S/C11H7F5O/c1-2-7-3-8(12)5-9(4-7)17-6-11(15,16)10(13)14/h1,3-5,10H,6H2. The van der Waals surface area contributed by atoms with Crippen LogP contribution in [0.15, 0.2) is 18.2 Å². The van der Waals surface area contributed by atoms with Gasteiger partial charge in [0.25, 0.3) is 0 Å². The molecule has 0 aliphatic rings. The summed E-state index contributed by atoms with van der Waals surface area (Å²) in [4.78, 5) is 0. The Labute approximate surface area is 94.2 Å². The number of alkyl halides is 4. The smallest absolute Gasteiger partial charge is 0.340 e. The van der Waals surface area contributed by atoms with Crippen molar-refractivity contribution < 1.29 is 26.7 Å². The van der Waals surface area contributed by atoms with Crippen LogP contribution in [0.3, 0.4) is 0 Å². The van der Waals surface area contributed by atoms with Crippen molar-refractivity contribution >= 4 is 0 Å². The van der Waals surface area contributed by atoms with E-state index in [0.29, 0.717) is 0 Å². The summed E-state index contributed by atoms with van der Waals surface area (Å²) in [6.45, 7) is -1.54. The zero-order chi connectivity index (χ0) is 13.1. The van der Waals surface area contributed by atoms with Crippen molar-refractivity contribution in [3.8, 4) is 18.1 Å². The molecule has 0 spiro atoms. The molecule has 0 radical (unpaired) electrons. The van der Waals surface area contributed by atoms with Crippen LogP contribution in [0.1, 0.15) is 5.56 Å². The molecule has 1 rings (SSSR count). The molecule has 0 aromatic heterocycles. The second-order valence-electron chi connectivity index (χ2n) is 3.17. The molecule has 0 fully saturated rings. The van der Waals surface area contributed by atoms with Crippen LogP contribution in [0.4, 0.5) is 22.0 Å². The third-order valence-corrected chi connectivity index (χ3v) is 1.79. The van der Waals surface area contributed by atoms with Crippen LogP contribution in [0.2, 0.25) is 0 Å². The van der Waals surface area contributed by atoms with Crippen LogP contribution in [-0.2, 0) is 0 Å². The summed E-state index contributed by atoms with van der Waals surface area (Å²) in [5, 5.41) is 0. The summed E-state index contributed by atoms with van der Waals surface area (Å²) < 4.78 is 65.9. The maximum Gasteiger partial charge on any atom is 0.340 e. The highest BCUT2D eigenvalue weighted by atomic mass is 19.3.